The maximum absolute atomic E-state index is 13.3. The third kappa shape index (κ3) is 3.06. The minimum atomic E-state index is -0.177. The van der Waals surface area contributed by atoms with Gasteiger partial charge in [0.2, 0.25) is 0 Å². The van der Waals surface area contributed by atoms with Crippen LogP contribution in [-0.2, 0) is 6.42 Å². The number of hydrogen-bond acceptors (Lipinski definition) is 3. The highest BCUT2D eigenvalue weighted by molar-refractivity contribution is 5.37. The molecule has 1 aliphatic heterocycles. The highest BCUT2D eigenvalue weighted by Gasteiger charge is 2.33. The largest absolute Gasteiger partial charge is 0.488 e. The van der Waals surface area contributed by atoms with Crippen molar-refractivity contribution in [2.75, 3.05) is 19.6 Å². The Morgan fingerprint density at radius 2 is 2.24 bits per heavy atom. The molecule has 0 radical (unpaired) electrons. The van der Waals surface area contributed by atoms with Crippen molar-refractivity contribution in [1.29, 1.82) is 0 Å². The van der Waals surface area contributed by atoms with Crippen LogP contribution in [0, 0.1) is 11.7 Å². The highest BCUT2D eigenvalue weighted by atomic mass is 19.1. The van der Waals surface area contributed by atoms with Gasteiger partial charge in [-0.2, -0.15) is 0 Å². The first-order chi connectivity index (χ1) is 10.2. The Labute approximate surface area is 126 Å². The lowest BCUT2D eigenvalue weighted by Gasteiger charge is -2.33. The number of benzene rings is 1. The Kier molecular flexibility index (Phi) is 4.45. The lowest BCUT2D eigenvalue weighted by Crippen LogP contribution is -2.45. The van der Waals surface area contributed by atoms with Gasteiger partial charge in [-0.25, -0.2) is 4.39 Å². The first-order valence-electron chi connectivity index (χ1n) is 8.10. The summed E-state index contributed by atoms with van der Waals surface area (Å²) < 4.78 is 19.3. The van der Waals surface area contributed by atoms with Crippen molar-refractivity contribution in [3.63, 3.8) is 0 Å². The van der Waals surface area contributed by atoms with E-state index < -0.39 is 0 Å². The lowest BCUT2D eigenvalue weighted by atomic mass is 10.0. The van der Waals surface area contributed by atoms with E-state index in [0.29, 0.717) is 12.0 Å². The molecule has 1 saturated carbocycles. The van der Waals surface area contributed by atoms with E-state index in [0.717, 1.165) is 37.4 Å². The van der Waals surface area contributed by atoms with Crippen LogP contribution < -0.4 is 10.5 Å². The first kappa shape index (κ1) is 14.8. The maximum atomic E-state index is 13.3. The van der Waals surface area contributed by atoms with Gasteiger partial charge >= 0.3 is 0 Å². The maximum Gasteiger partial charge on any atom is 0.123 e. The SMILES string of the molecule is CCN(CC1Cc2cc(F)ccc2O1)C1CCCC1CN. The summed E-state index contributed by atoms with van der Waals surface area (Å²) in [5.74, 6) is 1.29. The fourth-order valence-electron chi connectivity index (χ4n) is 3.92. The number of nitrogens with zero attached hydrogens (tertiary/aromatic N) is 1. The number of nitrogens with two attached hydrogens (primary N) is 1. The molecule has 0 spiro atoms. The summed E-state index contributed by atoms with van der Waals surface area (Å²) in [6.45, 7) is 4.91. The number of fused-ring (bicyclic) bond motifs is 1. The van der Waals surface area contributed by atoms with Crippen molar-refractivity contribution >= 4 is 0 Å². The minimum absolute atomic E-state index is 0.140. The van der Waals surface area contributed by atoms with Gasteiger partial charge in [0, 0.05) is 24.6 Å². The molecular formula is C17H25FN2O. The molecule has 1 heterocycles. The van der Waals surface area contributed by atoms with E-state index in [2.05, 4.69) is 11.8 Å². The Bertz CT molecular complexity index is 494. The summed E-state index contributed by atoms with van der Waals surface area (Å²) in [4.78, 5) is 2.51. The smallest absolute Gasteiger partial charge is 0.123 e. The monoisotopic (exact) mass is 292 g/mol. The molecule has 2 aliphatic rings. The van der Waals surface area contributed by atoms with Gasteiger partial charge in [0.15, 0.2) is 0 Å². The molecule has 1 fully saturated rings. The van der Waals surface area contributed by atoms with Crippen molar-refractivity contribution in [3.8, 4) is 5.75 Å². The van der Waals surface area contributed by atoms with Crippen LogP contribution in [0.2, 0.25) is 0 Å². The van der Waals surface area contributed by atoms with Crippen molar-refractivity contribution < 1.29 is 9.13 Å². The van der Waals surface area contributed by atoms with Gasteiger partial charge in [-0.1, -0.05) is 13.3 Å². The average Bonchev–Trinajstić information content (AvgIpc) is 3.09. The summed E-state index contributed by atoms with van der Waals surface area (Å²) in [5.41, 5.74) is 6.91. The van der Waals surface area contributed by atoms with Gasteiger partial charge in [0.05, 0.1) is 0 Å². The Morgan fingerprint density at radius 3 is 3.00 bits per heavy atom. The molecule has 3 rings (SSSR count). The predicted molar refractivity (Wildman–Crippen MR) is 82.0 cm³/mol. The summed E-state index contributed by atoms with van der Waals surface area (Å²) in [7, 11) is 0. The van der Waals surface area contributed by atoms with Crippen LogP contribution in [0.3, 0.4) is 0 Å². The summed E-state index contributed by atoms with van der Waals surface area (Å²) in [6, 6.07) is 5.41. The fraction of sp³-hybridized carbons (Fsp3) is 0.647. The van der Waals surface area contributed by atoms with E-state index in [1.54, 1.807) is 12.1 Å². The summed E-state index contributed by atoms with van der Waals surface area (Å²) >= 11 is 0. The zero-order valence-electron chi connectivity index (χ0n) is 12.7. The van der Waals surface area contributed by atoms with E-state index in [4.69, 9.17) is 10.5 Å². The van der Waals surface area contributed by atoms with Gasteiger partial charge in [-0.3, -0.25) is 4.90 Å². The van der Waals surface area contributed by atoms with Crippen LogP contribution in [0.4, 0.5) is 4.39 Å². The molecule has 0 amide bonds. The van der Waals surface area contributed by atoms with Gasteiger partial charge in [-0.05, 0) is 50.0 Å². The predicted octanol–water partition coefficient (Wildman–Crippen LogP) is 2.58. The van der Waals surface area contributed by atoms with E-state index in [-0.39, 0.29) is 11.9 Å². The normalized spacial score (nSPS) is 27.9. The molecule has 0 aromatic heterocycles. The van der Waals surface area contributed by atoms with Crippen molar-refractivity contribution in [1.82, 2.24) is 4.90 Å². The molecule has 3 unspecified atom stereocenters. The molecule has 1 aromatic rings. The van der Waals surface area contributed by atoms with Crippen molar-refractivity contribution in [3.05, 3.63) is 29.6 Å². The zero-order valence-corrected chi connectivity index (χ0v) is 12.7. The van der Waals surface area contributed by atoms with Gasteiger partial charge in [0.25, 0.3) is 0 Å². The standard InChI is InChI=1S/C17H25FN2O/c1-2-20(16-5-3-4-12(16)10-19)11-15-9-13-8-14(18)6-7-17(13)21-15/h6-8,12,15-16H,2-5,9-11,19H2,1H3. The van der Waals surface area contributed by atoms with Crippen LogP contribution >= 0.6 is 0 Å². The van der Waals surface area contributed by atoms with Gasteiger partial charge < -0.3 is 10.5 Å². The van der Waals surface area contributed by atoms with Crippen LogP contribution in [0.1, 0.15) is 31.7 Å². The van der Waals surface area contributed by atoms with Crippen LogP contribution in [-0.4, -0.2) is 36.7 Å². The molecule has 21 heavy (non-hydrogen) atoms. The highest BCUT2D eigenvalue weighted by Crippen LogP contribution is 2.32. The molecule has 4 heteroatoms. The molecule has 0 bridgehead atoms. The van der Waals surface area contributed by atoms with Crippen molar-refractivity contribution in [2.45, 2.75) is 44.8 Å². The molecule has 0 saturated heterocycles. The molecule has 1 aliphatic carbocycles. The molecule has 3 atom stereocenters. The van der Waals surface area contributed by atoms with E-state index >= 15 is 0 Å². The zero-order chi connectivity index (χ0) is 14.8. The van der Waals surface area contributed by atoms with Gasteiger partial charge in [-0.15, -0.1) is 0 Å². The molecule has 116 valence electrons. The summed E-state index contributed by atoms with van der Waals surface area (Å²) in [6.07, 6.45) is 4.71. The van der Waals surface area contributed by atoms with Gasteiger partial charge in [0.1, 0.15) is 17.7 Å². The van der Waals surface area contributed by atoms with E-state index in [1.807, 2.05) is 0 Å². The minimum Gasteiger partial charge on any atom is -0.488 e. The topological polar surface area (TPSA) is 38.5 Å². The average molecular weight is 292 g/mol. The molecular weight excluding hydrogens is 267 g/mol. The third-order valence-corrected chi connectivity index (χ3v) is 5.00. The van der Waals surface area contributed by atoms with Crippen LogP contribution in [0.25, 0.3) is 0 Å². The molecule has 1 aromatic carbocycles. The quantitative estimate of drug-likeness (QED) is 0.906. The summed E-state index contributed by atoms with van der Waals surface area (Å²) in [5, 5.41) is 0. The number of halogens is 1. The lowest BCUT2D eigenvalue weighted by molar-refractivity contribution is 0.104. The second-order valence-corrected chi connectivity index (χ2v) is 6.28. The van der Waals surface area contributed by atoms with E-state index in [9.17, 15) is 4.39 Å². The number of ether oxygens (including phenoxy) is 1. The van der Waals surface area contributed by atoms with Crippen LogP contribution in [0.15, 0.2) is 18.2 Å². The van der Waals surface area contributed by atoms with E-state index in [1.165, 1.54) is 25.3 Å². The first-order valence-corrected chi connectivity index (χ1v) is 8.10. The van der Waals surface area contributed by atoms with Crippen molar-refractivity contribution in [2.24, 2.45) is 11.7 Å². The Balaban J connectivity index is 1.64. The molecule has 3 nitrogen and oxygen atoms in total. The second kappa shape index (κ2) is 6.32. The fourth-order valence-corrected chi connectivity index (χ4v) is 3.92. The molecule has 2 N–H and O–H groups in total. The Hall–Kier alpha value is -1.13. The number of likely N-dealkylation sites (N-methyl/N-ethyl adjacent to an activating group) is 1. The Morgan fingerprint density at radius 1 is 1.38 bits per heavy atom. The van der Waals surface area contributed by atoms with Crippen LogP contribution in [0.5, 0.6) is 5.75 Å². The second-order valence-electron chi connectivity index (χ2n) is 6.28. The third-order valence-electron chi connectivity index (χ3n) is 5.00. The number of rotatable bonds is 5. The number of hydrogen-bond donors (Lipinski definition) is 1.